The second-order valence-electron chi connectivity index (χ2n) is 6.65. The van der Waals surface area contributed by atoms with E-state index in [-0.39, 0.29) is 11.8 Å². The molecule has 0 spiro atoms. The average molecular weight is 444 g/mol. The van der Waals surface area contributed by atoms with Crippen molar-refractivity contribution < 1.29 is 9.59 Å². The van der Waals surface area contributed by atoms with Crippen LogP contribution in [0.15, 0.2) is 54.2 Å². The van der Waals surface area contributed by atoms with Crippen LogP contribution in [0.25, 0.3) is 11.3 Å². The maximum Gasteiger partial charge on any atom is 0.253 e. The lowest BCUT2D eigenvalue weighted by Gasteiger charge is -2.17. The van der Waals surface area contributed by atoms with Gasteiger partial charge in [0.15, 0.2) is 5.13 Å². The molecule has 3 aromatic rings. The van der Waals surface area contributed by atoms with Crippen molar-refractivity contribution >= 4 is 40.2 Å². The second-order valence-corrected chi connectivity index (χ2v) is 8.29. The first-order valence-corrected chi connectivity index (χ1v) is 11.7. The van der Waals surface area contributed by atoms with Crippen LogP contribution in [-0.2, 0) is 4.79 Å². The zero-order valence-electron chi connectivity index (χ0n) is 16.7. The predicted molar refractivity (Wildman–Crippen MR) is 124 cm³/mol. The first kappa shape index (κ1) is 22.1. The quantitative estimate of drug-likeness (QED) is 0.416. The summed E-state index contributed by atoms with van der Waals surface area (Å²) in [5.41, 5.74) is 7.89. The van der Waals surface area contributed by atoms with Gasteiger partial charge in [-0.25, -0.2) is 4.98 Å². The van der Waals surface area contributed by atoms with E-state index >= 15 is 0 Å². The molecule has 158 valence electrons. The van der Waals surface area contributed by atoms with Gasteiger partial charge in [0.25, 0.3) is 5.91 Å². The van der Waals surface area contributed by atoms with Crippen LogP contribution in [0.2, 0.25) is 0 Å². The van der Waals surface area contributed by atoms with Gasteiger partial charge in [-0.2, -0.15) is 0 Å². The summed E-state index contributed by atoms with van der Waals surface area (Å²) in [5, 5.41) is 8.10. The molecule has 1 unspecified atom stereocenters. The van der Waals surface area contributed by atoms with Gasteiger partial charge in [-0.3, -0.25) is 13.6 Å². The molecular formula is C21H25N5O2S2. The number of rotatable bonds is 10. The number of aromatic nitrogens is 2. The molecule has 0 aliphatic heterocycles. The number of nitrogens with one attached hydrogen (secondary N) is 2. The Kier molecular flexibility index (Phi) is 8.06. The zero-order chi connectivity index (χ0) is 21.3. The molecule has 7 nitrogen and oxygen atoms in total. The predicted octanol–water partition coefficient (Wildman–Crippen LogP) is 3.60. The maximum atomic E-state index is 12.9. The van der Waals surface area contributed by atoms with Crippen LogP contribution < -0.4 is 16.4 Å². The van der Waals surface area contributed by atoms with Gasteiger partial charge < -0.3 is 16.4 Å². The van der Waals surface area contributed by atoms with E-state index in [1.54, 1.807) is 12.3 Å². The van der Waals surface area contributed by atoms with Crippen molar-refractivity contribution in [3.63, 3.8) is 0 Å². The third kappa shape index (κ3) is 5.94. The van der Waals surface area contributed by atoms with Gasteiger partial charge in [0.05, 0.1) is 11.3 Å². The van der Waals surface area contributed by atoms with Gasteiger partial charge in [0.1, 0.15) is 6.04 Å². The molecular weight excluding hydrogens is 418 g/mol. The van der Waals surface area contributed by atoms with Crippen molar-refractivity contribution in [2.75, 3.05) is 18.1 Å². The van der Waals surface area contributed by atoms with E-state index in [0.29, 0.717) is 23.7 Å². The third-order valence-electron chi connectivity index (χ3n) is 4.51. The highest BCUT2D eigenvalue weighted by Gasteiger charge is 2.22. The number of unbranched alkanes of at least 4 members (excludes halogenated alkanes) is 1. The van der Waals surface area contributed by atoms with Gasteiger partial charge in [-0.05, 0) is 43.8 Å². The molecule has 0 saturated carbocycles. The summed E-state index contributed by atoms with van der Waals surface area (Å²) in [7, 11) is 0. The Morgan fingerprint density at radius 3 is 2.73 bits per heavy atom. The molecule has 2 aromatic heterocycles. The van der Waals surface area contributed by atoms with Crippen LogP contribution in [0.4, 0.5) is 5.13 Å². The van der Waals surface area contributed by atoms with Crippen LogP contribution in [0.1, 0.15) is 29.6 Å². The lowest BCUT2D eigenvalue weighted by Crippen LogP contribution is -2.43. The lowest BCUT2D eigenvalue weighted by molar-refractivity contribution is -0.118. The molecule has 1 atom stereocenters. The zero-order valence-corrected chi connectivity index (χ0v) is 18.3. The van der Waals surface area contributed by atoms with E-state index in [2.05, 4.69) is 15.6 Å². The van der Waals surface area contributed by atoms with Crippen molar-refractivity contribution in [2.24, 2.45) is 5.73 Å². The number of nitrogens with zero attached hydrogens (tertiary/aromatic N) is 2. The number of hydrogen-bond donors (Lipinski definition) is 3. The normalized spacial score (nSPS) is 11.8. The van der Waals surface area contributed by atoms with Crippen LogP contribution in [-0.4, -0.2) is 39.6 Å². The van der Waals surface area contributed by atoms with Gasteiger partial charge in [-0.15, -0.1) is 11.3 Å². The van der Waals surface area contributed by atoms with Crippen molar-refractivity contribution in [1.29, 1.82) is 0 Å². The Labute approximate surface area is 184 Å². The fraction of sp³-hybridized carbons (Fsp3) is 0.286. The lowest BCUT2D eigenvalue weighted by atomic mass is 10.1. The minimum absolute atomic E-state index is 0.278. The van der Waals surface area contributed by atoms with Crippen molar-refractivity contribution in [3.05, 3.63) is 59.7 Å². The monoisotopic (exact) mass is 443 g/mol. The standard InChI is InChI=1S/C21H25N5O2S2/c1-29-26-12-10-16(13-26)19(27)23-17(9-5-6-11-22)20(28)25-21-24-18(14-30-21)15-7-3-2-4-8-15/h2-4,7-8,10,12-14,17H,5-6,9,11,22H2,1H3,(H,23,27)(H,24,25,28). The van der Waals surface area contributed by atoms with E-state index < -0.39 is 6.04 Å². The van der Waals surface area contributed by atoms with E-state index in [1.807, 2.05) is 52.1 Å². The van der Waals surface area contributed by atoms with E-state index in [0.717, 1.165) is 24.1 Å². The molecule has 2 amide bonds. The summed E-state index contributed by atoms with van der Waals surface area (Å²) in [4.78, 5) is 30.0. The summed E-state index contributed by atoms with van der Waals surface area (Å²) in [6.07, 6.45) is 7.51. The molecule has 0 fully saturated rings. The van der Waals surface area contributed by atoms with Crippen molar-refractivity contribution in [3.8, 4) is 11.3 Å². The van der Waals surface area contributed by atoms with E-state index in [9.17, 15) is 9.59 Å². The van der Waals surface area contributed by atoms with Crippen LogP contribution in [0, 0.1) is 0 Å². The third-order valence-corrected chi connectivity index (χ3v) is 5.92. The first-order chi connectivity index (χ1) is 14.6. The first-order valence-electron chi connectivity index (χ1n) is 9.66. The number of carbonyl (C=O) groups is 2. The Hall–Kier alpha value is -2.62. The van der Waals surface area contributed by atoms with Crippen LogP contribution in [0.3, 0.4) is 0 Å². The number of hydrogen-bond acceptors (Lipinski definition) is 6. The Balaban J connectivity index is 1.67. The molecule has 0 aliphatic carbocycles. The summed E-state index contributed by atoms with van der Waals surface area (Å²) in [6.45, 7) is 0.547. The number of amides is 2. The molecule has 0 aliphatic rings. The van der Waals surface area contributed by atoms with E-state index in [1.165, 1.54) is 23.3 Å². The Morgan fingerprint density at radius 2 is 2.03 bits per heavy atom. The van der Waals surface area contributed by atoms with Crippen LogP contribution >= 0.6 is 23.3 Å². The average Bonchev–Trinajstić information content (AvgIpc) is 3.43. The van der Waals surface area contributed by atoms with Gasteiger partial charge in [-0.1, -0.05) is 30.3 Å². The highest BCUT2D eigenvalue weighted by molar-refractivity contribution is 7.97. The van der Waals surface area contributed by atoms with Gasteiger partial charge in [0.2, 0.25) is 5.91 Å². The number of benzene rings is 1. The largest absolute Gasteiger partial charge is 0.340 e. The molecule has 3 rings (SSSR count). The molecule has 4 N–H and O–H groups in total. The molecule has 30 heavy (non-hydrogen) atoms. The van der Waals surface area contributed by atoms with Gasteiger partial charge >= 0.3 is 0 Å². The molecule has 0 saturated heterocycles. The van der Waals surface area contributed by atoms with E-state index in [4.69, 9.17) is 5.73 Å². The molecule has 1 aromatic carbocycles. The topological polar surface area (TPSA) is 102 Å². The highest BCUT2D eigenvalue weighted by atomic mass is 32.2. The molecule has 2 heterocycles. The Bertz CT molecular complexity index is 971. The van der Waals surface area contributed by atoms with Crippen molar-refractivity contribution in [2.45, 2.75) is 25.3 Å². The summed E-state index contributed by atoms with van der Waals surface area (Å²) >= 11 is 2.85. The minimum atomic E-state index is -0.661. The second kappa shape index (κ2) is 11.0. The molecule has 0 bridgehead atoms. The maximum absolute atomic E-state index is 12.9. The molecule has 0 radical (unpaired) electrons. The summed E-state index contributed by atoms with van der Waals surface area (Å²) in [6, 6.07) is 10.8. The number of thiazole rings is 1. The number of anilines is 1. The Morgan fingerprint density at radius 1 is 1.23 bits per heavy atom. The SMILES string of the molecule is CSn1ccc(C(=O)NC(CCCCN)C(=O)Nc2nc(-c3ccccc3)cs2)c1. The fourth-order valence-electron chi connectivity index (χ4n) is 2.89. The van der Waals surface area contributed by atoms with Crippen LogP contribution in [0.5, 0.6) is 0 Å². The summed E-state index contributed by atoms with van der Waals surface area (Å²) < 4.78 is 1.83. The minimum Gasteiger partial charge on any atom is -0.340 e. The highest BCUT2D eigenvalue weighted by Crippen LogP contribution is 2.24. The van der Waals surface area contributed by atoms with Gasteiger partial charge in [0, 0.05) is 29.6 Å². The number of nitrogens with two attached hydrogens (primary N) is 1. The molecule has 9 heteroatoms. The summed E-state index contributed by atoms with van der Waals surface area (Å²) in [5.74, 6) is -0.557. The van der Waals surface area contributed by atoms with Crippen molar-refractivity contribution in [1.82, 2.24) is 14.3 Å². The fourth-order valence-corrected chi connectivity index (χ4v) is 4.02. The smallest absolute Gasteiger partial charge is 0.253 e. The number of carbonyl (C=O) groups excluding carboxylic acids is 2.